The second-order valence-corrected chi connectivity index (χ2v) is 6.43. The quantitative estimate of drug-likeness (QED) is 0.328. The minimum atomic E-state index is -0.359. The Labute approximate surface area is 146 Å². The molecule has 0 fully saturated rings. The van der Waals surface area contributed by atoms with Gasteiger partial charge in [0.15, 0.2) is 0 Å². The van der Waals surface area contributed by atoms with Gasteiger partial charge in [-0.05, 0) is 31.2 Å². The summed E-state index contributed by atoms with van der Waals surface area (Å²) in [6.45, 7) is 1.01. The molecule has 7 heteroatoms. The molecule has 1 atom stereocenters. The molecule has 130 valence electrons. The lowest BCUT2D eigenvalue weighted by molar-refractivity contribution is -0.113. The first kappa shape index (κ1) is 20.1. The fourth-order valence-electron chi connectivity index (χ4n) is 2.23. The minimum absolute atomic E-state index is 0.327. The fraction of sp³-hybridized carbons (Fsp3) is 0.412. The van der Waals surface area contributed by atoms with Crippen LogP contribution in [0.3, 0.4) is 0 Å². The molecule has 0 saturated carbocycles. The summed E-state index contributed by atoms with van der Waals surface area (Å²) in [6.07, 6.45) is 3.88. The number of nitrogens with one attached hydrogen (secondary N) is 1. The van der Waals surface area contributed by atoms with Crippen molar-refractivity contribution in [2.24, 2.45) is 0 Å². The molecule has 0 aromatic heterocycles. The highest BCUT2D eigenvalue weighted by Gasteiger charge is 2.15. The maximum absolute atomic E-state index is 11.2. The van der Waals surface area contributed by atoms with Crippen molar-refractivity contribution in [3.63, 3.8) is 0 Å². The number of hydrogen-bond acceptors (Lipinski definition) is 6. The van der Waals surface area contributed by atoms with Gasteiger partial charge < -0.3 is 14.9 Å². The second kappa shape index (κ2) is 11.5. The zero-order chi connectivity index (χ0) is 17.8. The van der Waals surface area contributed by atoms with Crippen molar-refractivity contribution in [3.05, 3.63) is 29.3 Å². The molecule has 1 aromatic carbocycles. The van der Waals surface area contributed by atoms with Crippen molar-refractivity contribution in [2.45, 2.75) is 30.3 Å². The number of amides is 1. The van der Waals surface area contributed by atoms with Crippen molar-refractivity contribution >= 4 is 37.0 Å². The summed E-state index contributed by atoms with van der Waals surface area (Å²) in [7, 11) is 1.80. The highest BCUT2D eigenvalue weighted by Crippen LogP contribution is 2.22. The fourth-order valence-corrected chi connectivity index (χ4v) is 3.07. The van der Waals surface area contributed by atoms with E-state index in [1.54, 1.807) is 24.9 Å². The van der Waals surface area contributed by atoms with Gasteiger partial charge in [-0.25, -0.2) is 0 Å². The van der Waals surface area contributed by atoms with Crippen molar-refractivity contribution in [3.8, 4) is 0 Å². The summed E-state index contributed by atoms with van der Waals surface area (Å²) in [5.41, 5.74) is 1.41. The smallest absolute Gasteiger partial charge is 0.207 e. The van der Waals surface area contributed by atoms with Crippen LogP contribution in [-0.4, -0.2) is 55.6 Å². The van der Waals surface area contributed by atoms with Crippen molar-refractivity contribution in [1.82, 2.24) is 10.2 Å². The summed E-state index contributed by atoms with van der Waals surface area (Å²) in [5, 5.41) is 2.60. The van der Waals surface area contributed by atoms with Crippen molar-refractivity contribution in [2.75, 3.05) is 19.3 Å². The Kier molecular flexibility index (Phi) is 9.64. The molecular formula is C17H22N2O4S. The second-order valence-electron chi connectivity index (χ2n) is 5.26. The van der Waals surface area contributed by atoms with E-state index in [-0.39, 0.29) is 6.04 Å². The number of benzene rings is 1. The molecule has 0 spiro atoms. The van der Waals surface area contributed by atoms with Gasteiger partial charge in [-0.2, -0.15) is 0 Å². The molecule has 1 aromatic rings. The van der Waals surface area contributed by atoms with E-state index >= 15 is 0 Å². The van der Waals surface area contributed by atoms with Crippen LogP contribution in [0.15, 0.2) is 23.1 Å². The molecule has 0 aliphatic rings. The molecule has 0 heterocycles. The molecule has 0 radical (unpaired) electrons. The number of rotatable bonds is 13. The standard InChI is InChI=1S/C17H22N2O4S/c1-19(16(12-22)3-2-7-20)10-15-9-17(5-4-14(15)11-21)24-8-6-18-13-23/h4-5,7,9,11-13,16H,2-3,6,8,10H2,1H3,(H,18,23). The van der Waals surface area contributed by atoms with Gasteiger partial charge in [0.2, 0.25) is 6.41 Å². The Hall–Kier alpha value is -1.99. The molecule has 1 amide bonds. The predicted octanol–water partition coefficient (Wildman–Crippen LogP) is 1.32. The summed E-state index contributed by atoms with van der Waals surface area (Å²) in [4.78, 5) is 46.0. The Morgan fingerprint density at radius 3 is 2.67 bits per heavy atom. The van der Waals surface area contributed by atoms with E-state index in [0.717, 1.165) is 35.1 Å². The van der Waals surface area contributed by atoms with Crippen LogP contribution in [0.5, 0.6) is 0 Å². The highest BCUT2D eigenvalue weighted by molar-refractivity contribution is 7.99. The molecule has 0 bridgehead atoms. The first-order chi connectivity index (χ1) is 11.7. The van der Waals surface area contributed by atoms with Crippen molar-refractivity contribution in [1.29, 1.82) is 0 Å². The van der Waals surface area contributed by atoms with E-state index < -0.39 is 0 Å². The molecule has 0 aliphatic carbocycles. The monoisotopic (exact) mass is 350 g/mol. The Morgan fingerprint density at radius 1 is 1.25 bits per heavy atom. The molecule has 6 nitrogen and oxygen atoms in total. The lowest BCUT2D eigenvalue weighted by Crippen LogP contribution is -2.33. The third-order valence-corrected chi connectivity index (χ3v) is 4.56. The molecule has 0 saturated heterocycles. The van der Waals surface area contributed by atoms with Crippen LogP contribution in [0.4, 0.5) is 0 Å². The third kappa shape index (κ3) is 6.64. The predicted molar refractivity (Wildman–Crippen MR) is 93.2 cm³/mol. The zero-order valence-electron chi connectivity index (χ0n) is 13.6. The molecule has 1 unspecified atom stereocenters. The van der Waals surface area contributed by atoms with Gasteiger partial charge in [-0.3, -0.25) is 14.5 Å². The molecule has 24 heavy (non-hydrogen) atoms. The van der Waals surface area contributed by atoms with E-state index in [0.29, 0.717) is 37.9 Å². The summed E-state index contributed by atoms with van der Waals surface area (Å²) in [5.74, 6) is 0.727. The van der Waals surface area contributed by atoms with Gasteiger partial charge in [0, 0.05) is 35.7 Å². The van der Waals surface area contributed by atoms with E-state index in [9.17, 15) is 19.2 Å². The number of carbonyl (C=O) groups is 4. The van der Waals surface area contributed by atoms with E-state index in [1.165, 1.54) is 0 Å². The molecule has 0 aliphatic heterocycles. The van der Waals surface area contributed by atoms with Gasteiger partial charge in [-0.1, -0.05) is 6.07 Å². The maximum atomic E-state index is 11.2. The van der Waals surface area contributed by atoms with E-state index in [2.05, 4.69) is 5.32 Å². The van der Waals surface area contributed by atoms with Crippen LogP contribution >= 0.6 is 11.8 Å². The van der Waals surface area contributed by atoms with Gasteiger partial charge in [0.05, 0.1) is 6.04 Å². The lowest BCUT2D eigenvalue weighted by atomic mass is 10.1. The summed E-state index contributed by atoms with van der Waals surface area (Å²) < 4.78 is 0. The van der Waals surface area contributed by atoms with Gasteiger partial charge in [0.25, 0.3) is 0 Å². The van der Waals surface area contributed by atoms with Gasteiger partial charge >= 0.3 is 0 Å². The summed E-state index contributed by atoms with van der Waals surface area (Å²) in [6, 6.07) is 5.19. The normalized spacial score (nSPS) is 11.8. The van der Waals surface area contributed by atoms with Crippen molar-refractivity contribution < 1.29 is 19.2 Å². The lowest BCUT2D eigenvalue weighted by Gasteiger charge is -2.23. The van der Waals surface area contributed by atoms with Crippen LogP contribution in [0, 0.1) is 0 Å². The van der Waals surface area contributed by atoms with Crippen LogP contribution < -0.4 is 5.32 Å². The average molecular weight is 350 g/mol. The Bertz CT molecular complexity index is 566. The summed E-state index contributed by atoms with van der Waals surface area (Å²) >= 11 is 1.58. The topological polar surface area (TPSA) is 83.6 Å². The van der Waals surface area contributed by atoms with Crippen LogP contribution in [0.1, 0.15) is 28.8 Å². The highest BCUT2D eigenvalue weighted by atomic mass is 32.2. The average Bonchev–Trinajstić information content (AvgIpc) is 2.59. The van der Waals surface area contributed by atoms with Gasteiger partial charge in [-0.15, -0.1) is 11.8 Å². The van der Waals surface area contributed by atoms with Crippen LogP contribution in [-0.2, 0) is 20.9 Å². The maximum Gasteiger partial charge on any atom is 0.207 e. The number of thioether (sulfide) groups is 1. The Morgan fingerprint density at radius 2 is 2.04 bits per heavy atom. The number of nitrogens with zero attached hydrogens (tertiary/aromatic N) is 1. The largest absolute Gasteiger partial charge is 0.358 e. The SMILES string of the molecule is CN(Cc1cc(SCCNC=O)ccc1C=O)C(C=O)CCC=O. The Balaban J connectivity index is 2.79. The third-order valence-electron chi connectivity index (χ3n) is 3.56. The molecule has 1 rings (SSSR count). The van der Waals surface area contributed by atoms with Gasteiger partial charge in [0.1, 0.15) is 18.9 Å². The number of carbonyl (C=O) groups excluding carboxylic acids is 4. The minimum Gasteiger partial charge on any atom is -0.358 e. The molecule has 1 N–H and O–H groups in total. The number of aldehydes is 3. The first-order valence-corrected chi connectivity index (χ1v) is 8.62. The number of likely N-dealkylation sites (N-methyl/N-ethyl adjacent to an activating group) is 1. The zero-order valence-corrected chi connectivity index (χ0v) is 14.5. The van der Waals surface area contributed by atoms with Crippen LogP contribution in [0.25, 0.3) is 0 Å². The van der Waals surface area contributed by atoms with E-state index in [4.69, 9.17) is 0 Å². The van der Waals surface area contributed by atoms with Crippen LogP contribution in [0.2, 0.25) is 0 Å². The number of hydrogen-bond donors (Lipinski definition) is 1. The first-order valence-electron chi connectivity index (χ1n) is 7.63. The molecular weight excluding hydrogens is 328 g/mol. The van der Waals surface area contributed by atoms with E-state index in [1.807, 2.05) is 17.0 Å².